The normalized spacial score (nSPS) is 17.4. The van der Waals surface area contributed by atoms with Crippen LogP contribution in [-0.2, 0) is 21.1 Å². The molecule has 1 fully saturated rings. The number of likely N-dealkylation sites (N-methyl/N-ethyl adjacent to an activating group) is 1. The van der Waals surface area contributed by atoms with Gasteiger partial charge in [0.1, 0.15) is 17.0 Å². The molecule has 1 amide bonds. The number of halogens is 1. The van der Waals surface area contributed by atoms with Gasteiger partial charge in [0.2, 0.25) is 5.91 Å². The Kier molecular flexibility index (Phi) is 5.31. The molecule has 0 radical (unpaired) electrons. The molecule has 9 heteroatoms. The van der Waals surface area contributed by atoms with E-state index in [1.165, 1.54) is 17.0 Å². The summed E-state index contributed by atoms with van der Waals surface area (Å²) in [5.41, 5.74) is 2.62. The van der Waals surface area contributed by atoms with Crippen molar-refractivity contribution in [1.82, 2.24) is 4.90 Å². The maximum absolute atomic E-state index is 13.4. The largest absolute Gasteiger partial charge is 0.464 e. The summed E-state index contributed by atoms with van der Waals surface area (Å²) in [5.74, 6) is -0.684. The molecule has 4 aromatic rings. The van der Waals surface area contributed by atoms with Crippen LogP contribution in [0.2, 0.25) is 0 Å². The first-order valence-corrected chi connectivity index (χ1v) is 12.6. The van der Waals surface area contributed by atoms with Crippen LogP contribution in [0.3, 0.4) is 0 Å². The van der Waals surface area contributed by atoms with Gasteiger partial charge in [0.05, 0.1) is 29.8 Å². The predicted octanol–water partition coefficient (Wildman–Crippen LogP) is 3.84. The number of carbonyl (C=O) groups is 1. The molecule has 7 nitrogen and oxygen atoms in total. The summed E-state index contributed by atoms with van der Waals surface area (Å²) in [6, 6.07) is 9.13. The number of carbonyl (C=O) groups excluding carboxylic acids is 1. The second-order valence-electron chi connectivity index (χ2n) is 8.73. The molecule has 1 aliphatic rings. The van der Waals surface area contributed by atoms with Gasteiger partial charge in [-0.15, -0.1) is 0 Å². The van der Waals surface area contributed by atoms with Crippen LogP contribution in [0.15, 0.2) is 56.3 Å². The number of rotatable bonds is 4. The number of hydrogen-bond donors (Lipinski definition) is 0. The summed E-state index contributed by atoms with van der Waals surface area (Å²) in [6.45, 7) is 1.76. The molecule has 0 aliphatic carbocycles. The average molecular weight is 484 g/mol. The summed E-state index contributed by atoms with van der Waals surface area (Å²) in [4.78, 5) is 27.0. The predicted molar refractivity (Wildman–Crippen MR) is 126 cm³/mol. The Bertz CT molecular complexity index is 1600. The zero-order valence-corrected chi connectivity index (χ0v) is 19.4. The van der Waals surface area contributed by atoms with Gasteiger partial charge in [0, 0.05) is 35.5 Å². The Morgan fingerprint density at radius 2 is 1.88 bits per heavy atom. The van der Waals surface area contributed by atoms with Gasteiger partial charge in [0.15, 0.2) is 9.84 Å². The zero-order valence-electron chi connectivity index (χ0n) is 18.6. The van der Waals surface area contributed by atoms with Gasteiger partial charge in [-0.1, -0.05) is 12.1 Å². The molecule has 1 saturated heterocycles. The molecular weight excluding hydrogens is 461 g/mol. The lowest BCUT2D eigenvalue weighted by Crippen LogP contribution is -2.39. The highest BCUT2D eigenvalue weighted by Gasteiger charge is 2.33. The SMILES string of the molecule is Cc1c(CC(=O)N(C)C2CCS(=O)(=O)C2)c(=O)oc2cc3occ(-c4ccc(F)cc4)c3cc12. The topological polar surface area (TPSA) is 97.8 Å². The lowest BCUT2D eigenvalue weighted by molar-refractivity contribution is -0.130. The third-order valence-corrected chi connectivity index (χ3v) is 8.36. The van der Waals surface area contributed by atoms with E-state index in [9.17, 15) is 22.4 Å². The minimum absolute atomic E-state index is 0.0590. The van der Waals surface area contributed by atoms with Crippen molar-refractivity contribution < 1.29 is 26.4 Å². The van der Waals surface area contributed by atoms with E-state index in [1.807, 2.05) is 6.07 Å². The van der Waals surface area contributed by atoms with Crippen LogP contribution in [0.4, 0.5) is 4.39 Å². The molecular formula is C25H22FNO6S. The molecule has 2 aromatic carbocycles. The zero-order chi connectivity index (χ0) is 24.2. The number of aryl methyl sites for hydroxylation is 1. The number of fused-ring (bicyclic) bond motifs is 2. The Balaban J connectivity index is 1.53. The Morgan fingerprint density at radius 1 is 1.15 bits per heavy atom. The van der Waals surface area contributed by atoms with E-state index in [2.05, 4.69) is 0 Å². The van der Waals surface area contributed by atoms with Crippen molar-refractivity contribution in [3.05, 3.63) is 70.0 Å². The van der Waals surface area contributed by atoms with Crippen molar-refractivity contribution in [3.8, 4) is 11.1 Å². The second-order valence-corrected chi connectivity index (χ2v) is 11.0. The molecule has 2 aromatic heterocycles. The molecule has 1 unspecified atom stereocenters. The van der Waals surface area contributed by atoms with Crippen molar-refractivity contribution in [2.24, 2.45) is 0 Å². The lowest BCUT2D eigenvalue weighted by atomic mass is 9.99. The van der Waals surface area contributed by atoms with E-state index < -0.39 is 21.5 Å². The number of benzene rings is 2. The molecule has 1 atom stereocenters. The number of sulfone groups is 1. The Hall–Kier alpha value is -3.46. The highest BCUT2D eigenvalue weighted by atomic mass is 32.2. The lowest BCUT2D eigenvalue weighted by Gasteiger charge is -2.23. The van der Waals surface area contributed by atoms with Gasteiger partial charge in [0.25, 0.3) is 0 Å². The fraction of sp³-hybridized carbons (Fsp3) is 0.280. The van der Waals surface area contributed by atoms with Crippen molar-refractivity contribution in [3.63, 3.8) is 0 Å². The van der Waals surface area contributed by atoms with Gasteiger partial charge < -0.3 is 13.7 Å². The molecule has 1 aliphatic heterocycles. The van der Waals surface area contributed by atoms with Crippen LogP contribution >= 0.6 is 0 Å². The van der Waals surface area contributed by atoms with Crippen LogP contribution in [-0.4, -0.2) is 43.8 Å². The standard InChI is InChI=1S/C25H22FNO6S/c1-14-18-9-20-21(15-3-5-16(26)6-4-15)12-32-22(20)11-23(18)33-25(29)19(14)10-24(28)27(2)17-7-8-34(30,31)13-17/h3-6,9,11-12,17H,7-8,10,13H2,1-2H3. The average Bonchev–Trinajstić information content (AvgIpc) is 3.37. The van der Waals surface area contributed by atoms with E-state index >= 15 is 0 Å². The number of furan rings is 1. The quantitative estimate of drug-likeness (QED) is 0.409. The van der Waals surface area contributed by atoms with Crippen LogP contribution in [0.1, 0.15) is 17.5 Å². The second kappa shape index (κ2) is 8.09. The summed E-state index contributed by atoms with van der Waals surface area (Å²) in [5, 5.41) is 1.42. The van der Waals surface area contributed by atoms with Crippen LogP contribution in [0.5, 0.6) is 0 Å². The maximum Gasteiger partial charge on any atom is 0.340 e. The number of hydrogen-bond acceptors (Lipinski definition) is 6. The van der Waals surface area contributed by atoms with Gasteiger partial charge in [-0.3, -0.25) is 4.79 Å². The third-order valence-electron chi connectivity index (χ3n) is 6.61. The molecule has 5 rings (SSSR count). The molecule has 0 bridgehead atoms. The summed E-state index contributed by atoms with van der Waals surface area (Å²) >= 11 is 0. The van der Waals surface area contributed by atoms with Crippen molar-refractivity contribution >= 4 is 37.7 Å². The Labute approximate surface area is 194 Å². The minimum Gasteiger partial charge on any atom is -0.464 e. The summed E-state index contributed by atoms with van der Waals surface area (Å²) in [7, 11) is -1.58. The van der Waals surface area contributed by atoms with Crippen molar-refractivity contribution in [2.75, 3.05) is 18.6 Å². The fourth-order valence-electron chi connectivity index (χ4n) is 4.53. The first-order chi connectivity index (χ1) is 16.1. The molecule has 176 valence electrons. The maximum atomic E-state index is 13.4. The first kappa shape index (κ1) is 22.3. The van der Waals surface area contributed by atoms with Crippen LogP contribution in [0.25, 0.3) is 33.1 Å². The molecule has 34 heavy (non-hydrogen) atoms. The van der Waals surface area contributed by atoms with E-state index in [4.69, 9.17) is 8.83 Å². The highest BCUT2D eigenvalue weighted by molar-refractivity contribution is 7.91. The molecule has 0 spiro atoms. The molecule has 0 saturated carbocycles. The van der Waals surface area contributed by atoms with Gasteiger partial charge in [-0.25, -0.2) is 17.6 Å². The Morgan fingerprint density at radius 3 is 2.56 bits per heavy atom. The van der Waals surface area contributed by atoms with Gasteiger partial charge in [-0.05, 0) is 42.7 Å². The van der Waals surface area contributed by atoms with E-state index in [1.54, 1.807) is 38.4 Å². The highest BCUT2D eigenvalue weighted by Crippen LogP contribution is 2.34. The van der Waals surface area contributed by atoms with E-state index in [0.29, 0.717) is 28.5 Å². The first-order valence-electron chi connectivity index (χ1n) is 10.8. The van der Waals surface area contributed by atoms with Crippen molar-refractivity contribution in [2.45, 2.75) is 25.8 Å². The smallest absolute Gasteiger partial charge is 0.340 e. The third kappa shape index (κ3) is 3.90. The molecule has 0 N–H and O–H groups in total. The number of amides is 1. The monoisotopic (exact) mass is 483 g/mol. The van der Waals surface area contributed by atoms with Gasteiger partial charge in [-0.2, -0.15) is 0 Å². The van der Waals surface area contributed by atoms with Crippen molar-refractivity contribution in [1.29, 1.82) is 0 Å². The fourth-order valence-corrected chi connectivity index (χ4v) is 6.30. The van der Waals surface area contributed by atoms with E-state index in [-0.39, 0.29) is 35.2 Å². The van der Waals surface area contributed by atoms with Gasteiger partial charge >= 0.3 is 5.63 Å². The summed E-state index contributed by atoms with van der Waals surface area (Å²) < 4.78 is 48.1. The molecule has 3 heterocycles. The number of nitrogens with zero attached hydrogens (tertiary/aromatic N) is 1. The van der Waals surface area contributed by atoms with E-state index in [0.717, 1.165) is 16.5 Å². The minimum atomic E-state index is -3.14. The van der Waals surface area contributed by atoms with Crippen LogP contribution in [0, 0.1) is 12.7 Å². The summed E-state index contributed by atoms with van der Waals surface area (Å²) in [6.07, 6.45) is 1.77. The van der Waals surface area contributed by atoms with Crippen LogP contribution < -0.4 is 5.63 Å².